The molecule has 0 unspecified atom stereocenters. The van der Waals surface area contributed by atoms with Gasteiger partial charge in [-0.3, -0.25) is 14.9 Å². The predicted molar refractivity (Wildman–Crippen MR) is 77.2 cm³/mol. The summed E-state index contributed by atoms with van der Waals surface area (Å²) in [5.74, 6) is -0.402. The second kappa shape index (κ2) is 6.65. The molecule has 110 valence electrons. The van der Waals surface area contributed by atoms with Gasteiger partial charge in [0.15, 0.2) is 12.4 Å². The summed E-state index contributed by atoms with van der Waals surface area (Å²) in [7, 11) is 0. The van der Waals surface area contributed by atoms with E-state index in [0.717, 1.165) is 18.6 Å². The number of rotatable bonds is 5. The molecule has 0 radical (unpaired) electrons. The minimum absolute atomic E-state index is 0.0573. The Kier molecular flexibility index (Phi) is 4.65. The van der Waals surface area contributed by atoms with E-state index < -0.39 is 10.8 Å². The number of hydrazone groups is 1. The lowest BCUT2D eigenvalue weighted by Crippen LogP contribution is -2.25. The molecule has 1 aromatic carbocycles. The van der Waals surface area contributed by atoms with Crippen molar-refractivity contribution in [2.75, 3.05) is 6.61 Å². The highest BCUT2D eigenvalue weighted by molar-refractivity contribution is 5.98. The highest BCUT2D eigenvalue weighted by Gasteiger charge is 2.15. The lowest BCUT2D eigenvalue weighted by molar-refractivity contribution is -0.385. The molecule has 1 aliphatic rings. The van der Waals surface area contributed by atoms with Crippen molar-refractivity contribution in [1.82, 2.24) is 5.43 Å². The molecule has 0 saturated heterocycles. The fourth-order valence-electron chi connectivity index (χ4n) is 1.88. The van der Waals surface area contributed by atoms with Crippen molar-refractivity contribution in [1.29, 1.82) is 0 Å². The fourth-order valence-corrected chi connectivity index (χ4v) is 1.88. The molecule has 0 fully saturated rings. The van der Waals surface area contributed by atoms with Crippen molar-refractivity contribution < 1.29 is 14.5 Å². The number of para-hydroxylation sites is 2. The van der Waals surface area contributed by atoms with Crippen LogP contribution in [0.25, 0.3) is 0 Å². The van der Waals surface area contributed by atoms with Gasteiger partial charge < -0.3 is 4.74 Å². The third-order valence-electron chi connectivity index (χ3n) is 2.93. The lowest BCUT2D eigenvalue weighted by atomic mass is 10.3. The van der Waals surface area contributed by atoms with Crippen molar-refractivity contribution >= 4 is 17.3 Å². The third kappa shape index (κ3) is 4.13. The van der Waals surface area contributed by atoms with Crippen LogP contribution < -0.4 is 10.2 Å². The number of carbonyl (C=O) groups excluding carboxylic acids is 1. The molecule has 0 bridgehead atoms. The molecule has 7 nitrogen and oxygen atoms in total. The minimum Gasteiger partial charge on any atom is -0.477 e. The molecule has 0 aliphatic heterocycles. The van der Waals surface area contributed by atoms with E-state index in [2.05, 4.69) is 10.5 Å². The predicted octanol–water partition coefficient (Wildman–Crippen LogP) is 2.19. The number of allylic oxidation sites excluding steroid dienone is 2. The standard InChI is InChI=1S/C14H15N3O4/c1-10-6-7-11(8-10)15-16-14(18)9-21-13-5-3-2-4-12(13)17(19)20/h2-5,8H,6-7,9H2,1H3,(H,16,18)/b15-11+. The SMILES string of the molecule is CC1=C/C(=N/NC(=O)COc2ccccc2[N+](=O)[O-])CC1. The number of hydrogen-bond acceptors (Lipinski definition) is 5. The number of nitro groups is 1. The van der Waals surface area contributed by atoms with Crippen molar-refractivity contribution in [2.24, 2.45) is 5.10 Å². The van der Waals surface area contributed by atoms with Crippen molar-refractivity contribution in [3.63, 3.8) is 0 Å². The zero-order chi connectivity index (χ0) is 15.2. The van der Waals surface area contributed by atoms with Gasteiger partial charge in [0.25, 0.3) is 5.91 Å². The van der Waals surface area contributed by atoms with E-state index >= 15 is 0 Å². The fraction of sp³-hybridized carbons (Fsp3) is 0.286. The van der Waals surface area contributed by atoms with Crippen LogP contribution in [-0.4, -0.2) is 23.1 Å². The van der Waals surface area contributed by atoms with Gasteiger partial charge in [-0.25, -0.2) is 5.43 Å². The molecule has 21 heavy (non-hydrogen) atoms. The summed E-state index contributed by atoms with van der Waals surface area (Å²) in [6, 6.07) is 5.90. The van der Waals surface area contributed by atoms with E-state index in [9.17, 15) is 14.9 Å². The summed E-state index contributed by atoms with van der Waals surface area (Å²) >= 11 is 0. The van der Waals surface area contributed by atoms with Crippen LogP contribution in [0.1, 0.15) is 19.8 Å². The zero-order valence-electron chi connectivity index (χ0n) is 11.5. The highest BCUT2D eigenvalue weighted by atomic mass is 16.6. The molecule has 0 heterocycles. The molecule has 2 rings (SSSR count). The largest absolute Gasteiger partial charge is 0.477 e. The Morgan fingerprint density at radius 1 is 1.43 bits per heavy atom. The second-order valence-electron chi connectivity index (χ2n) is 4.64. The maximum atomic E-state index is 11.6. The van der Waals surface area contributed by atoms with Gasteiger partial charge in [0, 0.05) is 6.07 Å². The van der Waals surface area contributed by atoms with Gasteiger partial charge >= 0.3 is 5.69 Å². The van der Waals surface area contributed by atoms with Crippen LogP contribution in [0, 0.1) is 10.1 Å². The molecule has 1 N–H and O–H groups in total. The van der Waals surface area contributed by atoms with Crippen molar-refractivity contribution in [2.45, 2.75) is 19.8 Å². The monoisotopic (exact) mass is 289 g/mol. The average Bonchev–Trinajstić information content (AvgIpc) is 2.88. The number of amides is 1. The number of nitrogens with zero attached hydrogens (tertiary/aromatic N) is 2. The number of nitrogens with one attached hydrogen (secondary N) is 1. The Balaban J connectivity index is 1.89. The quantitative estimate of drug-likeness (QED) is 0.664. The summed E-state index contributed by atoms with van der Waals surface area (Å²) in [4.78, 5) is 21.8. The Bertz CT molecular complexity index is 622. The van der Waals surface area contributed by atoms with Crippen LogP contribution in [0.15, 0.2) is 41.0 Å². The second-order valence-corrected chi connectivity index (χ2v) is 4.64. The minimum atomic E-state index is -0.556. The van der Waals surface area contributed by atoms with Gasteiger partial charge in [-0.15, -0.1) is 0 Å². The van der Waals surface area contributed by atoms with Crippen molar-refractivity contribution in [3.8, 4) is 5.75 Å². The van der Waals surface area contributed by atoms with E-state index in [1.807, 2.05) is 13.0 Å². The maximum Gasteiger partial charge on any atom is 0.310 e. The van der Waals surface area contributed by atoms with Crippen LogP contribution in [0.2, 0.25) is 0 Å². The summed E-state index contributed by atoms with van der Waals surface area (Å²) in [5.41, 5.74) is 4.23. The maximum absolute atomic E-state index is 11.6. The number of hydrogen-bond donors (Lipinski definition) is 1. The van der Waals surface area contributed by atoms with Gasteiger partial charge in [0.1, 0.15) is 0 Å². The molecular weight excluding hydrogens is 274 g/mol. The van der Waals surface area contributed by atoms with Crippen LogP contribution in [-0.2, 0) is 4.79 Å². The number of carbonyl (C=O) groups is 1. The highest BCUT2D eigenvalue weighted by Crippen LogP contribution is 2.25. The average molecular weight is 289 g/mol. The van der Waals surface area contributed by atoms with Gasteiger partial charge in [0.2, 0.25) is 0 Å². The first-order valence-electron chi connectivity index (χ1n) is 6.45. The molecular formula is C14H15N3O4. The normalized spacial score (nSPS) is 15.7. The van der Waals surface area contributed by atoms with E-state index in [1.165, 1.54) is 23.8 Å². The first kappa shape index (κ1) is 14.7. The van der Waals surface area contributed by atoms with Crippen molar-refractivity contribution in [3.05, 3.63) is 46.0 Å². The Hall–Kier alpha value is -2.70. The number of benzene rings is 1. The van der Waals surface area contributed by atoms with Gasteiger partial charge in [0.05, 0.1) is 10.6 Å². The topological polar surface area (TPSA) is 93.8 Å². The molecule has 0 aromatic heterocycles. The molecule has 1 aliphatic carbocycles. The lowest BCUT2D eigenvalue weighted by Gasteiger charge is -2.05. The molecule has 1 amide bonds. The van der Waals surface area contributed by atoms with Crippen LogP contribution in [0.5, 0.6) is 5.75 Å². The van der Waals surface area contributed by atoms with Gasteiger partial charge in [-0.1, -0.05) is 17.7 Å². The molecule has 1 aromatic rings. The molecule has 0 saturated carbocycles. The van der Waals surface area contributed by atoms with Gasteiger partial charge in [-0.05, 0) is 31.9 Å². The zero-order valence-corrected chi connectivity index (χ0v) is 11.5. The van der Waals surface area contributed by atoms with E-state index in [4.69, 9.17) is 4.74 Å². The van der Waals surface area contributed by atoms with E-state index in [-0.39, 0.29) is 18.0 Å². The summed E-state index contributed by atoms with van der Waals surface area (Å²) < 4.78 is 5.16. The first-order valence-corrected chi connectivity index (χ1v) is 6.45. The van der Waals surface area contributed by atoms with E-state index in [1.54, 1.807) is 6.07 Å². The molecule has 0 spiro atoms. The smallest absolute Gasteiger partial charge is 0.310 e. The van der Waals surface area contributed by atoms with E-state index in [0.29, 0.717) is 0 Å². The first-order chi connectivity index (χ1) is 10.1. The van der Waals surface area contributed by atoms with Crippen LogP contribution in [0.3, 0.4) is 0 Å². The van der Waals surface area contributed by atoms with Crippen LogP contribution in [0.4, 0.5) is 5.69 Å². The Morgan fingerprint density at radius 3 is 2.86 bits per heavy atom. The number of nitro benzene ring substituents is 1. The molecule has 0 atom stereocenters. The Morgan fingerprint density at radius 2 is 2.19 bits per heavy atom. The summed E-state index contributed by atoms with van der Waals surface area (Å²) in [6.07, 6.45) is 3.67. The number of ether oxygens (including phenoxy) is 1. The van der Waals surface area contributed by atoms with Gasteiger partial charge in [-0.2, -0.15) is 5.10 Å². The van der Waals surface area contributed by atoms with Crippen LogP contribution >= 0.6 is 0 Å². The third-order valence-corrected chi connectivity index (χ3v) is 2.93. The summed E-state index contributed by atoms with van der Waals surface area (Å²) in [6.45, 7) is 1.67. The molecule has 7 heteroatoms. The summed E-state index contributed by atoms with van der Waals surface area (Å²) in [5, 5.41) is 14.8. The Labute approximate surface area is 121 Å².